The molecule has 0 saturated heterocycles. The lowest BCUT2D eigenvalue weighted by molar-refractivity contribution is 0.713. The molecule has 1 aromatic rings. The van der Waals surface area contributed by atoms with Gasteiger partial charge in [-0.25, -0.2) is 4.98 Å². The van der Waals surface area contributed by atoms with Crippen molar-refractivity contribution < 1.29 is 0 Å². The van der Waals surface area contributed by atoms with Crippen molar-refractivity contribution in [1.29, 1.82) is 0 Å². The first-order valence-corrected chi connectivity index (χ1v) is 4.74. The van der Waals surface area contributed by atoms with Crippen LogP contribution in [0.25, 0.3) is 0 Å². The molecule has 0 atom stereocenters. The van der Waals surface area contributed by atoms with Crippen LogP contribution in [0.15, 0.2) is 31.0 Å². The molecule has 0 aliphatic heterocycles. The van der Waals surface area contributed by atoms with Gasteiger partial charge in [-0.3, -0.25) is 0 Å². The van der Waals surface area contributed by atoms with Gasteiger partial charge in [0.15, 0.2) is 0 Å². The average Bonchev–Trinajstić information content (AvgIpc) is 2.13. The minimum Gasteiger partial charge on any atom is -0.399 e. The van der Waals surface area contributed by atoms with Gasteiger partial charge in [-0.15, -0.1) is 6.58 Å². The second kappa shape index (κ2) is 4.65. The molecule has 1 rings (SSSR count). The molecule has 3 nitrogen and oxygen atoms in total. The number of nitrogens with zero attached hydrogens (tertiary/aromatic N) is 2. The first kappa shape index (κ1) is 10.6. The number of hydrogen-bond acceptors (Lipinski definition) is 3. The molecule has 14 heavy (non-hydrogen) atoms. The van der Waals surface area contributed by atoms with Gasteiger partial charge in [-0.1, -0.05) is 6.08 Å². The number of nitrogen functional groups attached to an aromatic ring is 1. The van der Waals surface area contributed by atoms with Crippen LogP contribution < -0.4 is 10.6 Å². The summed E-state index contributed by atoms with van der Waals surface area (Å²) < 4.78 is 0. The van der Waals surface area contributed by atoms with Gasteiger partial charge in [0.2, 0.25) is 0 Å². The van der Waals surface area contributed by atoms with E-state index in [2.05, 4.69) is 30.3 Å². The van der Waals surface area contributed by atoms with E-state index in [4.69, 9.17) is 5.73 Å². The summed E-state index contributed by atoms with van der Waals surface area (Å²) in [5, 5.41) is 0. The Labute approximate surface area is 85.3 Å². The first-order valence-electron chi connectivity index (χ1n) is 4.74. The van der Waals surface area contributed by atoms with Crippen LogP contribution in [0, 0.1) is 0 Å². The lowest BCUT2D eigenvalue weighted by Crippen LogP contribution is -2.31. The SMILES string of the molecule is C=CCN(c1cc(N)ccn1)C(C)C. The molecule has 76 valence electrons. The Morgan fingerprint density at radius 3 is 2.86 bits per heavy atom. The van der Waals surface area contributed by atoms with Crippen LogP contribution in [0.4, 0.5) is 11.5 Å². The highest BCUT2D eigenvalue weighted by Crippen LogP contribution is 2.16. The van der Waals surface area contributed by atoms with Crippen LogP contribution in [0.5, 0.6) is 0 Å². The molecule has 3 heteroatoms. The summed E-state index contributed by atoms with van der Waals surface area (Å²) in [4.78, 5) is 6.42. The zero-order valence-electron chi connectivity index (χ0n) is 8.77. The summed E-state index contributed by atoms with van der Waals surface area (Å²) in [6.45, 7) is 8.75. The van der Waals surface area contributed by atoms with Crippen molar-refractivity contribution in [2.75, 3.05) is 17.2 Å². The fourth-order valence-corrected chi connectivity index (χ4v) is 1.30. The molecular formula is C11H17N3. The van der Waals surface area contributed by atoms with Gasteiger partial charge in [0, 0.05) is 30.5 Å². The number of anilines is 2. The first-order chi connectivity index (χ1) is 6.65. The predicted octanol–water partition coefficient (Wildman–Crippen LogP) is 2.06. The predicted molar refractivity (Wildman–Crippen MR) is 61.3 cm³/mol. The van der Waals surface area contributed by atoms with E-state index >= 15 is 0 Å². The van der Waals surface area contributed by atoms with Crippen molar-refractivity contribution in [2.45, 2.75) is 19.9 Å². The van der Waals surface area contributed by atoms with E-state index in [9.17, 15) is 0 Å². The van der Waals surface area contributed by atoms with Gasteiger partial charge in [0.05, 0.1) is 0 Å². The Hall–Kier alpha value is -1.51. The van der Waals surface area contributed by atoms with Crippen molar-refractivity contribution >= 4 is 11.5 Å². The molecule has 0 bridgehead atoms. The van der Waals surface area contributed by atoms with E-state index in [-0.39, 0.29) is 0 Å². The van der Waals surface area contributed by atoms with E-state index in [0.717, 1.165) is 18.1 Å². The Morgan fingerprint density at radius 2 is 2.36 bits per heavy atom. The Morgan fingerprint density at radius 1 is 1.64 bits per heavy atom. The van der Waals surface area contributed by atoms with E-state index in [1.54, 1.807) is 12.3 Å². The largest absolute Gasteiger partial charge is 0.399 e. The van der Waals surface area contributed by atoms with Gasteiger partial charge < -0.3 is 10.6 Å². The topological polar surface area (TPSA) is 42.1 Å². The maximum atomic E-state index is 5.70. The van der Waals surface area contributed by atoms with E-state index in [1.807, 2.05) is 12.1 Å². The maximum absolute atomic E-state index is 5.70. The third-order valence-electron chi connectivity index (χ3n) is 2.01. The highest BCUT2D eigenvalue weighted by molar-refractivity contribution is 5.51. The van der Waals surface area contributed by atoms with Gasteiger partial charge in [-0.2, -0.15) is 0 Å². The average molecular weight is 191 g/mol. The van der Waals surface area contributed by atoms with Crippen molar-refractivity contribution in [3.63, 3.8) is 0 Å². The molecule has 1 heterocycles. The highest BCUT2D eigenvalue weighted by Gasteiger charge is 2.09. The van der Waals surface area contributed by atoms with Gasteiger partial charge >= 0.3 is 0 Å². The van der Waals surface area contributed by atoms with E-state index in [0.29, 0.717) is 6.04 Å². The standard InChI is InChI=1S/C11H17N3/c1-4-7-14(9(2)3)11-8-10(12)5-6-13-11/h4-6,8-9H,1,7H2,2-3H3,(H2,12,13). The van der Waals surface area contributed by atoms with E-state index in [1.165, 1.54) is 0 Å². The zero-order chi connectivity index (χ0) is 10.6. The monoisotopic (exact) mass is 191 g/mol. The molecule has 2 N–H and O–H groups in total. The van der Waals surface area contributed by atoms with Crippen LogP contribution in [0.2, 0.25) is 0 Å². The van der Waals surface area contributed by atoms with Crippen LogP contribution in [0.3, 0.4) is 0 Å². The smallest absolute Gasteiger partial charge is 0.131 e. The second-order valence-electron chi connectivity index (χ2n) is 3.48. The number of rotatable bonds is 4. The van der Waals surface area contributed by atoms with Crippen LogP contribution in [-0.2, 0) is 0 Å². The third-order valence-corrected chi connectivity index (χ3v) is 2.01. The summed E-state index contributed by atoms with van der Waals surface area (Å²) in [6, 6.07) is 4.06. The van der Waals surface area contributed by atoms with Crippen molar-refractivity contribution in [3.8, 4) is 0 Å². The molecule has 0 aliphatic rings. The van der Waals surface area contributed by atoms with Crippen molar-refractivity contribution in [1.82, 2.24) is 4.98 Å². The normalized spacial score (nSPS) is 10.2. The summed E-state index contributed by atoms with van der Waals surface area (Å²) in [6.07, 6.45) is 3.59. The number of hydrogen-bond donors (Lipinski definition) is 1. The van der Waals surface area contributed by atoms with Gasteiger partial charge in [0.25, 0.3) is 0 Å². The minimum atomic E-state index is 0.391. The zero-order valence-corrected chi connectivity index (χ0v) is 8.77. The summed E-state index contributed by atoms with van der Waals surface area (Å²) in [5.41, 5.74) is 6.44. The maximum Gasteiger partial charge on any atom is 0.131 e. The lowest BCUT2D eigenvalue weighted by atomic mass is 10.3. The molecule has 0 amide bonds. The van der Waals surface area contributed by atoms with Crippen LogP contribution >= 0.6 is 0 Å². The molecule has 1 aromatic heterocycles. The second-order valence-corrected chi connectivity index (χ2v) is 3.48. The molecule has 0 aliphatic carbocycles. The summed E-state index contributed by atoms with van der Waals surface area (Å²) >= 11 is 0. The Bertz CT molecular complexity index is 307. The Balaban J connectivity index is 2.92. The molecular weight excluding hydrogens is 174 g/mol. The minimum absolute atomic E-state index is 0.391. The van der Waals surface area contributed by atoms with Crippen molar-refractivity contribution in [2.24, 2.45) is 0 Å². The van der Waals surface area contributed by atoms with Crippen molar-refractivity contribution in [3.05, 3.63) is 31.0 Å². The van der Waals surface area contributed by atoms with E-state index < -0.39 is 0 Å². The molecule has 0 fully saturated rings. The molecule has 0 unspecified atom stereocenters. The lowest BCUT2D eigenvalue weighted by Gasteiger charge is -2.26. The van der Waals surface area contributed by atoms with Crippen LogP contribution in [-0.4, -0.2) is 17.6 Å². The number of pyridine rings is 1. The molecule has 0 saturated carbocycles. The fraction of sp³-hybridized carbons (Fsp3) is 0.364. The number of nitrogens with two attached hydrogens (primary N) is 1. The molecule has 0 radical (unpaired) electrons. The van der Waals surface area contributed by atoms with Gasteiger partial charge in [0.1, 0.15) is 5.82 Å². The third kappa shape index (κ3) is 2.49. The quantitative estimate of drug-likeness (QED) is 0.741. The van der Waals surface area contributed by atoms with Crippen LogP contribution in [0.1, 0.15) is 13.8 Å². The fourth-order valence-electron chi connectivity index (χ4n) is 1.30. The molecule has 0 aromatic carbocycles. The number of aromatic nitrogens is 1. The Kier molecular flexibility index (Phi) is 3.51. The summed E-state index contributed by atoms with van der Waals surface area (Å²) in [5.74, 6) is 0.903. The summed E-state index contributed by atoms with van der Waals surface area (Å²) in [7, 11) is 0. The van der Waals surface area contributed by atoms with Gasteiger partial charge in [-0.05, 0) is 19.9 Å². The molecule has 0 spiro atoms. The highest BCUT2D eigenvalue weighted by atomic mass is 15.2.